The van der Waals surface area contributed by atoms with E-state index in [1.807, 2.05) is 32.1 Å². The number of allylic oxidation sites excluding steroid dienone is 8. The zero-order chi connectivity index (χ0) is 81.9. The Balaban J connectivity index is 0.000000255. The normalized spacial score (nSPS) is 40.5. The molecule has 5 N–H and O–H groups in total. The Morgan fingerprint density at radius 2 is 0.809 bits per heavy atom. The van der Waals surface area contributed by atoms with Crippen molar-refractivity contribution in [2.45, 2.75) is 260 Å². The van der Waals surface area contributed by atoms with Crippen molar-refractivity contribution in [3.63, 3.8) is 0 Å². The van der Waals surface area contributed by atoms with Gasteiger partial charge in [0.2, 0.25) is 19.2 Å². The number of carbonyl (C=O) groups excluding carboxylic acids is 7. The fourth-order valence-electron chi connectivity index (χ4n) is 22.2. The van der Waals surface area contributed by atoms with Crippen LogP contribution in [0.4, 0.5) is 3.89 Å². The number of aliphatic hydroxyl groups excluding tert-OH is 2. The van der Waals surface area contributed by atoms with Gasteiger partial charge in [0, 0.05) is 7.11 Å². The molecule has 0 bridgehead atoms. The van der Waals surface area contributed by atoms with Gasteiger partial charge >= 0.3 is 53.4 Å². The van der Waals surface area contributed by atoms with Gasteiger partial charge in [-0.1, -0.05) is 172 Å². The molecule has 8 saturated carbocycles. The summed E-state index contributed by atoms with van der Waals surface area (Å²) in [7, 11) is 1.00. The smallest absolute Gasteiger partial charge is 0.521 e. The first-order valence-electron chi connectivity index (χ1n) is 39.8. The number of imide groups is 1. The first kappa shape index (κ1) is 96.3. The van der Waals surface area contributed by atoms with E-state index in [1.54, 1.807) is 0 Å². The van der Waals surface area contributed by atoms with Crippen LogP contribution in [-0.2, 0) is 52.5 Å². The number of cyclic esters (lactones) is 4. The second kappa shape index (κ2) is 40.1. The molecule has 4 aliphatic heterocycles. The molecule has 8 aliphatic carbocycles. The maximum absolute atomic E-state index is 12.2. The molecular formula is C89H134BrFN2NaO15S-. The summed E-state index contributed by atoms with van der Waals surface area (Å²) in [6, 6.07) is -0.933. The van der Waals surface area contributed by atoms with Gasteiger partial charge in [0.15, 0.2) is 0 Å². The van der Waals surface area contributed by atoms with E-state index in [0.717, 1.165) is 101 Å². The second-order valence-electron chi connectivity index (χ2n) is 36.4. The van der Waals surface area contributed by atoms with E-state index in [9.17, 15) is 52.8 Å². The summed E-state index contributed by atoms with van der Waals surface area (Å²) in [6.45, 7) is 57.4. The van der Waals surface area contributed by atoms with Crippen LogP contribution in [-0.4, -0.2) is 136 Å². The molecule has 0 aromatic rings. The molecule has 3 amide bonds. The monoisotopic (exact) mass is 1620 g/mol. The third kappa shape index (κ3) is 20.6. The number of fused-ring (bicyclic) bond motifs is 4. The summed E-state index contributed by atoms with van der Waals surface area (Å²) in [6.07, 6.45) is 31.5. The fraction of sp³-hybridized carbons (Fsp3) is 0.708. The number of hydrogen-bond donors (Lipinski definition) is 5. The van der Waals surface area contributed by atoms with E-state index >= 15 is 0 Å². The van der Waals surface area contributed by atoms with E-state index in [1.165, 1.54) is 54.4 Å². The molecule has 0 spiro atoms. The molecule has 0 aromatic heterocycles. The standard InChI is InChI=1S/C23H33NO4.C22H33NO3.C20H29BrO3.C20H30O4.C2H3.CH2FS.CH4O.Na/c1-15-6-8-19-16(2)22(3,4)10-11-23(19,5)18(15)9-7-17-20(12-28-21(17)27)24(13-25)14-26;1-14-6-8-18-15(2)21(3,4)10-11-22(18,5)17(14)9-7-16-19(23-13-24)12-26-20(16)25;2*1-12-5-7-16-13(2)20(4,23)10-9-19(16,3)15(12)8-6-14-17(21)11-24-18(14)22;1-2;1-3-2;1-2;/h7,13-14,16,18-20H,1,6,8-12H2,2-5H3;7,13,15,17-19H,1,6,8-12H2,2-5H3,(H,23,24);6,13,15-17,23H,1,5,7-11H2,2-4H3;6,13,15-17,21,23H,1,5,7-11H2,2-4H3;1H,2H2;1H2;2H,1H3;/q;;;;2*-1;;+1/b17-7+;16-7+;2*14-6+;;;;/t16-,18-,19-,20?,23+;15-,17-,18-,19?,22+;13-,15-,16-,17?,19+,20-;13-,15-,16-,17-,19+,20-;;;;/m1111..../s1. The Morgan fingerprint density at radius 3 is 1.15 bits per heavy atom. The van der Waals surface area contributed by atoms with E-state index in [2.05, 4.69) is 156 Å². The Morgan fingerprint density at radius 1 is 0.509 bits per heavy atom. The van der Waals surface area contributed by atoms with Crippen LogP contribution in [0, 0.1) is 116 Å². The van der Waals surface area contributed by atoms with Crippen LogP contribution in [0.5, 0.6) is 0 Å². The largest absolute Gasteiger partial charge is 1.00 e. The second-order valence-corrected chi connectivity index (χ2v) is 37.7. The number of esters is 4. The van der Waals surface area contributed by atoms with Gasteiger partial charge in [0.05, 0.1) is 44.4 Å². The van der Waals surface area contributed by atoms with Gasteiger partial charge in [-0.2, -0.15) is 0 Å². The molecular weight excluding hydrogens is 1490 g/mol. The third-order valence-electron chi connectivity index (χ3n) is 30.5. The quantitative estimate of drug-likeness (QED) is 0.0168. The predicted octanol–water partition coefficient (Wildman–Crippen LogP) is 13.9. The molecule has 12 rings (SSSR count). The van der Waals surface area contributed by atoms with Crippen LogP contribution in [0.1, 0.15) is 225 Å². The summed E-state index contributed by atoms with van der Waals surface area (Å²) >= 11 is 3.52. The number of amides is 3. The molecule has 17 nitrogen and oxygen atoms in total. The number of nitrogens with one attached hydrogen (secondary N) is 1. The van der Waals surface area contributed by atoms with Gasteiger partial charge in [-0.15, -0.1) is 12.1 Å². The summed E-state index contributed by atoms with van der Waals surface area (Å²) in [5, 5.41) is 41.0. The number of ether oxygens (including phenoxy) is 4. The number of alkyl halides is 1. The van der Waals surface area contributed by atoms with E-state index < -0.39 is 35.3 Å². The zero-order valence-electron chi connectivity index (χ0n) is 69.5. The van der Waals surface area contributed by atoms with Crippen molar-refractivity contribution in [1.29, 1.82) is 0 Å². The summed E-state index contributed by atoms with van der Waals surface area (Å²) in [4.78, 5) is 81.9. The maximum Gasteiger partial charge on any atom is 1.00 e. The topological polar surface area (TPSA) is 253 Å². The number of carbonyl (C=O) groups is 7. The molecule has 0 radical (unpaired) electrons. The van der Waals surface area contributed by atoms with Crippen LogP contribution in [0.2, 0.25) is 0 Å². The number of nitrogens with zero attached hydrogens (tertiary/aromatic N) is 1. The van der Waals surface area contributed by atoms with Crippen LogP contribution in [0.25, 0.3) is 0 Å². The number of rotatable bonds is 13. The third-order valence-corrected chi connectivity index (χ3v) is 31.2. The zero-order valence-corrected chi connectivity index (χ0v) is 73.9. The molecule has 110 heavy (non-hydrogen) atoms. The van der Waals surface area contributed by atoms with Gasteiger partial charge in [-0.05, 0) is 246 Å². The van der Waals surface area contributed by atoms with E-state index in [4.69, 9.17) is 24.1 Å². The minimum Gasteiger partial charge on any atom is -0.521 e. The SMILES string of the molecule is C=C1CC[C@@H]2[C@@H](C)C(C)(C)CC[C@@]2(C)[C@@H]1C/C=C1/C(=O)OCC1N(C=O)C=O.C=C1CC[C@@H]2[C@@H](C)C(C)(C)CC[C@@]2(C)[C@@H]1C/C=C1/C(=O)OCC1NC=O.C=C1CC[C@@H]2[C@@H](C)[C@](C)(O)CC[C@@]2(C)[C@@H]1C/C=C1/C(=O)OCC1Br.C=C1CC[C@@H]2[C@@H](C)[C@](C)(O)CC[C@@]2(C)[C@@H]1C/C=C1/C(=O)OC[C@H]1O.CO.[CH-]=C.[CH2-]SF.[Na+]. The molecule has 4 heterocycles. The minimum atomic E-state index is -0.802. The molecule has 3 unspecified atom stereocenters. The van der Waals surface area contributed by atoms with Gasteiger partial charge in [-0.25, -0.2) is 23.1 Å². The van der Waals surface area contributed by atoms with Crippen LogP contribution in [0.3, 0.4) is 0 Å². The van der Waals surface area contributed by atoms with E-state index in [0.29, 0.717) is 125 Å². The van der Waals surface area contributed by atoms with Gasteiger partial charge in [-0.3, -0.25) is 32.1 Å². The summed E-state index contributed by atoms with van der Waals surface area (Å²) in [5.41, 5.74) is 7.48. The van der Waals surface area contributed by atoms with Crippen molar-refractivity contribution in [1.82, 2.24) is 10.2 Å². The molecule has 612 valence electrons. The average Bonchev–Trinajstić information content (AvgIpc) is 0.786. The van der Waals surface area contributed by atoms with Gasteiger partial charge in [0.1, 0.15) is 38.6 Å². The fourth-order valence-corrected chi connectivity index (χ4v) is 22.7. The van der Waals surface area contributed by atoms with Crippen LogP contribution in [0.15, 0.2) is 102 Å². The number of aliphatic hydroxyl groups is 4. The molecule has 12 fully saturated rings. The maximum atomic E-state index is 12.2. The number of hydrogen-bond acceptors (Lipinski definition) is 16. The Hall–Kier alpha value is -4.25. The van der Waals surface area contributed by atoms with Gasteiger partial charge in [0.25, 0.3) is 0 Å². The summed E-state index contributed by atoms with van der Waals surface area (Å²) in [5.74, 6) is 4.17. The predicted molar refractivity (Wildman–Crippen MR) is 432 cm³/mol. The first-order valence-corrected chi connectivity index (χ1v) is 41.6. The molecule has 21 heteroatoms. The average molecular weight is 1630 g/mol. The molecule has 0 aromatic carbocycles. The molecule has 4 saturated heterocycles. The Bertz CT molecular complexity index is 3330. The first-order chi connectivity index (χ1) is 51.1. The van der Waals surface area contributed by atoms with Crippen molar-refractivity contribution in [2.24, 2.45) is 104 Å². The van der Waals surface area contributed by atoms with Crippen molar-refractivity contribution >= 4 is 71.2 Å². The van der Waals surface area contributed by atoms with Crippen molar-refractivity contribution in [2.75, 3.05) is 33.5 Å². The molecule has 22 atom stereocenters. The minimum absolute atomic E-state index is 0. The van der Waals surface area contributed by atoms with Crippen molar-refractivity contribution in [3.05, 3.63) is 115 Å². The Labute approximate surface area is 694 Å². The Kier molecular flexibility index (Phi) is 35.1. The molecule has 12 aliphatic rings. The summed E-state index contributed by atoms with van der Waals surface area (Å²) < 4.78 is 30.4. The van der Waals surface area contributed by atoms with Crippen molar-refractivity contribution in [3.8, 4) is 0 Å². The van der Waals surface area contributed by atoms with Crippen LogP contribution < -0.4 is 34.9 Å². The van der Waals surface area contributed by atoms with Gasteiger partial charge < -0.3 is 51.3 Å². The van der Waals surface area contributed by atoms with Crippen LogP contribution >= 0.6 is 28.1 Å². The van der Waals surface area contributed by atoms with Crippen molar-refractivity contribution < 1.29 is 106 Å². The van der Waals surface area contributed by atoms with E-state index in [-0.39, 0.29) is 118 Å². The number of halogens is 2.